The van der Waals surface area contributed by atoms with Gasteiger partial charge in [-0.3, -0.25) is 4.79 Å². The van der Waals surface area contributed by atoms with E-state index in [1.165, 1.54) is 0 Å². The summed E-state index contributed by atoms with van der Waals surface area (Å²) < 4.78 is 11.8. The Bertz CT molecular complexity index is 1110. The summed E-state index contributed by atoms with van der Waals surface area (Å²) in [6, 6.07) is 21.4. The summed E-state index contributed by atoms with van der Waals surface area (Å²) >= 11 is 6.13. The van der Waals surface area contributed by atoms with E-state index in [0.29, 0.717) is 31.9 Å². The number of anilines is 1. The highest BCUT2D eigenvalue weighted by molar-refractivity contribution is 6.30. The number of para-hydroxylation sites is 1. The van der Waals surface area contributed by atoms with Crippen molar-refractivity contribution in [1.29, 1.82) is 0 Å². The molecule has 0 radical (unpaired) electrons. The van der Waals surface area contributed by atoms with Crippen molar-refractivity contribution < 1.29 is 14.3 Å². The minimum absolute atomic E-state index is 0.0286. The minimum atomic E-state index is 0.0286. The molecule has 1 aliphatic heterocycles. The molecule has 5 nitrogen and oxygen atoms in total. The molecule has 0 atom stereocenters. The second-order valence-corrected chi connectivity index (χ2v) is 8.51. The molecule has 1 saturated heterocycles. The van der Waals surface area contributed by atoms with Crippen molar-refractivity contribution in [2.75, 3.05) is 37.7 Å². The second-order valence-electron chi connectivity index (χ2n) is 8.07. The molecule has 1 fully saturated rings. The number of halogens is 1. The van der Waals surface area contributed by atoms with Crippen molar-refractivity contribution in [3.63, 3.8) is 0 Å². The van der Waals surface area contributed by atoms with E-state index in [1.54, 1.807) is 0 Å². The number of benzene rings is 3. The van der Waals surface area contributed by atoms with Crippen LogP contribution in [-0.4, -0.2) is 43.6 Å². The van der Waals surface area contributed by atoms with Gasteiger partial charge in [-0.2, -0.15) is 0 Å². The third-order valence-corrected chi connectivity index (χ3v) is 6.06. The van der Waals surface area contributed by atoms with Crippen molar-refractivity contribution in [1.82, 2.24) is 4.90 Å². The van der Waals surface area contributed by atoms with E-state index in [2.05, 4.69) is 11.0 Å². The van der Waals surface area contributed by atoms with Crippen LogP contribution in [0.3, 0.4) is 0 Å². The summed E-state index contributed by atoms with van der Waals surface area (Å²) in [5.74, 6) is 1.60. The van der Waals surface area contributed by atoms with Gasteiger partial charge in [-0.15, -0.1) is 0 Å². The van der Waals surface area contributed by atoms with E-state index in [9.17, 15) is 4.79 Å². The number of ether oxygens (including phenoxy) is 2. The van der Waals surface area contributed by atoms with Crippen LogP contribution in [0.1, 0.15) is 28.4 Å². The van der Waals surface area contributed by atoms with Crippen molar-refractivity contribution >= 4 is 23.2 Å². The van der Waals surface area contributed by atoms with Gasteiger partial charge in [0.2, 0.25) is 0 Å². The summed E-state index contributed by atoms with van der Waals surface area (Å²) in [4.78, 5) is 17.4. The first-order valence-electron chi connectivity index (χ1n) is 11.3. The fourth-order valence-electron chi connectivity index (χ4n) is 4.02. The maximum absolute atomic E-state index is 13.3. The molecular weight excluding hydrogens is 436 g/mol. The molecule has 0 aromatic heterocycles. The van der Waals surface area contributed by atoms with Gasteiger partial charge >= 0.3 is 0 Å². The van der Waals surface area contributed by atoms with Gasteiger partial charge in [0.05, 0.1) is 6.61 Å². The highest BCUT2D eigenvalue weighted by atomic mass is 35.5. The van der Waals surface area contributed by atoms with Crippen molar-refractivity contribution in [3.05, 3.63) is 88.4 Å². The lowest BCUT2D eigenvalue weighted by molar-refractivity contribution is 0.0746. The minimum Gasteiger partial charge on any atom is -0.493 e. The number of rotatable bonds is 7. The summed E-state index contributed by atoms with van der Waals surface area (Å²) in [5, 5.41) is 0.723. The van der Waals surface area contributed by atoms with Crippen molar-refractivity contribution in [3.8, 4) is 11.5 Å². The smallest absolute Gasteiger partial charge is 0.253 e. The normalized spacial score (nSPS) is 13.7. The van der Waals surface area contributed by atoms with Crippen LogP contribution in [0.5, 0.6) is 11.5 Å². The molecule has 172 valence electrons. The van der Waals surface area contributed by atoms with Gasteiger partial charge in [0.1, 0.15) is 18.1 Å². The number of piperazine rings is 1. The molecule has 0 N–H and O–H groups in total. The zero-order chi connectivity index (χ0) is 23.2. The van der Waals surface area contributed by atoms with Crippen LogP contribution in [0, 0.1) is 6.92 Å². The van der Waals surface area contributed by atoms with Gasteiger partial charge in [-0.25, -0.2) is 0 Å². The van der Waals surface area contributed by atoms with Crippen LogP contribution in [0.4, 0.5) is 5.69 Å². The van der Waals surface area contributed by atoms with E-state index < -0.39 is 0 Å². The van der Waals surface area contributed by atoms with Gasteiger partial charge in [0.15, 0.2) is 0 Å². The molecule has 3 aromatic carbocycles. The SMILES string of the molecule is CCOc1ccc(C(=O)N2CCN(c3cccc(Cl)c3)CC2)cc1COc1ccccc1C. The maximum atomic E-state index is 13.3. The van der Waals surface area contributed by atoms with Gasteiger partial charge in [-0.05, 0) is 61.9 Å². The molecule has 0 unspecified atom stereocenters. The predicted octanol–water partition coefficient (Wildman–Crippen LogP) is 5.59. The molecule has 0 spiro atoms. The molecule has 0 bridgehead atoms. The molecule has 1 aliphatic rings. The highest BCUT2D eigenvalue weighted by Gasteiger charge is 2.23. The first-order chi connectivity index (χ1) is 16.0. The number of amides is 1. The highest BCUT2D eigenvalue weighted by Crippen LogP contribution is 2.26. The molecular formula is C27H29ClN2O3. The lowest BCUT2D eigenvalue weighted by Gasteiger charge is -2.36. The fraction of sp³-hybridized carbons (Fsp3) is 0.296. The first-order valence-corrected chi connectivity index (χ1v) is 11.7. The number of hydrogen-bond donors (Lipinski definition) is 0. The Hall–Kier alpha value is -3.18. The molecule has 6 heteroatoms. The Morgan fingerprint density at radius 2 is 1.70 bits per heavy atom. The van der Waals surface area contributed by atoms with Gasteiger partial charge in [0.25, 0.3) is 5.91 Å². The van der Waals surface area contributed by atoms with Crippen LogP contribution in [0.15, 0.2) is 66.7 Å². The fourth-order valence-corrected chi connectivity index (χ4v) is 4.20. The molecule has 33 heavy (non-hydrogen) atoms. The van der Waals surface area contributed by atoms with Crippen molar-refractivity contribution in [2.45, 2.75) is 20.5 Å². The number of aryl methyl sites for hydroxylation is 1. The van der Waals surface area contributed by atoms with E-state index in [-0.39, 0.29) is 5.91 Å². The van der Waals surface area contributed by atoms with Gasteiger partial charge < -0.3 is 19.3 Å². The van der Waals surface area contributed by atoms with Crippen LogP contribution >= 0.6 is 11.6 Å². The lowest BCUT2D eigenvalue weighted by atomic mass is 10.1. The van der Waals surface area contributed by atoms with Gasteiger partial charge in [0, 0.05) is 48.0 Å². The Kier molecular flexibility index (Phi) is 7.40. The molecule has 0 aliphatic carbocycles. The third-order valence-electron chi connectivity index (χ3n) is 5.82. The lowest BCUT2D eigenvalue weighted by Crippen LogP contribution is -2.48. The van der Waals surface area contributed by atoms with E-state index in [0.717, 1.165) is 46.4 Å². The molecule has 1 amide bonds. The Morgan fingerprint density at radius 3 is 2.42 bits per heavy atom. The van der Waals surface area contributed by atoms with Crippen LogP contribution in [-0.2, 0) is 6.61 Å². The number of carbonyl (C=O) groups excluding carboxylic acids is 1. The van der Waals surface area contributed by atoms with E-state index in [4.69, 9.17) is 21.1 Å². The molecule has 1 heterocycles. The average Bonchev–Trinajstić information content (AvgIpc) is 2.84. The first kappa shape index (κ1) is 23.0. The van der Waals surface area contributed by atoms with Gasteiger partial charge in [-0.1, -0.05) is 35.9 Å². The third kappa shape index (κ3) is 5.60. The number of carbonyl (C=O) groups is 1. The maximum Gasteiger partial charge on any atom is 0.253 e. The zero-order valence-corrected chi connectivity index (χ0v) is 19.8. The van der Waals surface area contributed by atoms with Crippen LogP contribution < -0.4 is 14.4 Å². The Morgan fingerprint density at radius 1 is 0.909 bits per heavy atom. The van der Waals surface area contributed by atoms with E-state index >= 15 is 0 Å². The topological polar surface area (TPSA) is 42.0 Å². The zero-order valence-electron chi connectivity index (χ0n) is 19.1. The number of nitrogens with zero attached hydrogens (tertiary/aromatic N) is 2. The summed E-state index contributed by atoms with van der Waals surface area (Å²) in [6.45, 7) is 7.71. The molecule has 3 aromatic rings. The second kappa shape index (κ2) is 10.6. The van der Waals surface area contributed by atoms with Crippen LogP contribution in [0.2, 0.25) is 5.02 Å². The largest absolute Gasteiger partial charge is 0.493 e. The number of hydrogen-bond acceptors (Lipinski definition) is 4. The quantitative estimate of drug-likeness (QED) is 0.457. The monoisotopic (exact) mass is 464 g/mol. The van der Waals surface area contributed by atoms with Crippen molar-refractivity contribution in [2.24, 2.45) is 0 Å². The Labute approximate surface area is 200 Å². The summed E-state index contributed by atoms with van der Waals surface area (Å²) in [7, 11) is 0. The molecule has 4 rings (SSSR count). The van der Waals surface area contributed by atoms with E-state index in [1.807, 2.05) is 79.4 Å². The Balaban J connectivity index is 1.45. The standard InChI is InChI=1S/C27H29ClN2O3/c1-3-32-26-12-11-21(17-22(26)19-33-25-10-5-4-7-20(25)2)27(31)30-15-13-29(14-16-30)24-9-6-8-23(28)18-24/h4-12,17-18H,3,13-16,19H2,1-2H3. The summed E-state index contributed by atoms with van der Waals surface area (Å²) in [5.41, 5.74) is 3.67. The van der Waals surface area contributed by atoms with Crippen LogP contribution in [0.25, 0.3) is 0 Å². The summed E-state index contributed by atoms with van der Waals surface area (Å²) in [6.07, 6.45) is 0. The predicted molar refractivity (Wildman–Crippen MR) is 133 cm³/mol. The molecule has 0 saturated carbocycles. The average molecular weight is 465 g/mol.